The molecule has 4 rings (SSSR count). The third-order valence-corrected chi connectivity index (χ3v) is 6.23. The fourth-order valence-electron chi connectivity index (χ4n) is 3.70. The van der Waals surface area contributed by atoms with E-state index in [4.69, 9.17) is 4.42 Å². The third-order valence-electron chi connectivity index (χ3n) is 5.24. The van der Waals surface area contributed by atoms with Crippen LogP contribution in [0.5, 0.6) is 0 Å². The van der Waals surface area contributed by atoms with Gasteiger partial charge >= 0.3 is 0 Å². The lowest BCUT2D eigenvalue weighted by molar-refractivity contribution is 0.0790. The number of hydrogen-bond acceptors (Lipinski definition) is 5. The number of carbonyl (C=O) groups is 2. The Morgan fingerprint density at radius 2 is 1.87 bits per heavy atom. The highest BCUT2D eigenvalue weighted by atomic mass is 32.1. The van der Waals surface area contributed by atoms with Crippen LogP contribution in [0.2, 0.25) is 0 Å². The molecule has 1 N–H and O–H groups in total. The van der Waals surface area contributed by atoms with Crippen LogP contribution in [0.1, 0.15) is 45.1 Å². The van der Waals surface area contributed by atoms with Gasteiger partial charge in [-0.15, -0.1) is 11.3 Å². The predicted octanol–water partition coefficient (Wildman–Crippen LogP) is 4.86. The number of amides is 2. The molecule has 0 aliphatic carbocycles. The number of hydrogen-bond donors (Lipinski definition) is 1. The average molecular weight is 424 g/mol. The van der Waals surface area contributed by atoms with E-state index in [9.17, 15) is 9.59 Å². The van der Waals surface area contributed by atoms with Crippen LogP contribution < -0.4 is 10.2 Å². The fourth-order valence-corrected chi connectivity index (χ4v) is 4.60. The molecule has 0 unspecified atom stereocenters. The van der Waals surface area contributed by atoms with Gasteiger partial charge in [-0.05, 0) is 55.2 Å². The van der Waals surface area contributed by atoms with Crippen LogP contribution in [0, 0.1) is 0 Å². The van der Waals surface area contributed by atoms with Crippen LogP contribution >= 0.6 is 11.3 Å². The largest absolute Gasteiger partial charge is 0.459 e. The van der Waals surface area contributed by atoms with Crippen molar-refractivity contribution in [1.82, 2.24) is 4.90 Å². The van der Waals surface area contributed by atoms with Crippen LogP contribution in [0.4, 0.5) is 10.7 Å². The molecule has 2 aromatic heterocycles. The van der Waals surface area contributed by atoms with E-state index in [-0.39, 0.29) is 17.6 Å². The second-order valence-corrected chi connectivity index (χ2v) is 8.52. The summed E-state index contributed by atoms with van der Waals surface area (Å²) in [5, 5.41) is 3.38. The highest BCUT2D eigenvalue weighted by molar-refractivity contribution is 7.18. The van der Waals surface area contributed by atoms with Gasteiger partial charge in [0.1, 0.15) is 0 Å². The first kappa shape index (κ1) is 20.2. The SMILES string of the molecule is CN(Cc1ccccc1N1CCCCC1)C(=O)c1ccc(NC(=O)c2ccco2)s1. The number of para-hydroxylation sites is 1. The zero-order chi connectivity index (χ0) is 20.9. The Balaban J connectivity index is 1.42. The maximum absolute atomic E-state index is 13.0. The molecule has 2 amide bonds. The van der Waals surface area contributed by atoms with E-state index in [1.807, 2.05) is 13.1 Å². The summed E-state index contributed by atoms with van der Waals surface area (Å²) >= 11 is 1.26. The smallest absolute Gasteiger partial charge is 0.291 e. The molecule has 1 saturated heterocycles. The summed E-state index contributed by atoms with van der Waals surface area (Å²) in [6, 6.07) is 15.1. The molecule has 7 heteroatoms. The molecular weight excluding hydrogens is 398 g/mol. The van der Waals surface area contributed by atoms with Gasteiger partial charge in [-0.2, -0.15) is 0 Å². The number of nitrogens with one attached hydrogen (secondary N) is 1. The Morgan fingerprint density at radius 3 is 2.63 bits per heavy atom. The summed E-state index contributed by atoms with van der Waals surface area (Å²) in [4.78, 5) is 29.8. The van der Waals surface area contributed by atoms with Crippen molar-refractivity contribution < 1.29 is 14.0 Å². The molecule has 6 nitrogen and oxygen atoms in total. The molecule has 30 heavy (non-hydrogen) atoms. The highest BCUT2D eigenvalue weighted by Crippen LogP contribution is 2.27. The van der Waals surface area contributed by atoms with Crippen molar-refractivity contribution in [2.45, 2.75) is 25.8 Å². The lowest BCUT2D eigenvalue weighted by atomic mass is 10.1. The number of nitrogens with zero attached hydrogens (tertiary/aromatic N) is 2. The highest BCUT2D eigenvalue weighted by Gasteiger charge is 2.19. The maximum Gasteiger partial charge on any atom is 0.291 e. The van der Waals surface area contributed by atoms with E-state index in [0.29, 0.717) is 16.4 Å². The number of benzene rings is 1. The van der Waals surface area contributed by atoms with Crippen molar-refractivity contribution >= 4 is 33.8 Å². The third kappa shape index (κ3) is 4.57. The molecule has 0 spiro atoms. The minimum atomic E-state index is -0.329. The van der Waals surface area contributed by atoms with Crippen molar-refractivity contribution in [3.8, 4) is 0 Å². The maximum atomic E-state index is 13.0. The van der Waals surface area contributed by atoms with Crippen molar-refractivity contribution in [2.24, 2.45) is 0 Å². The summed E-state index contributed by atoms with van der Waals surface area (Å²) in [5.41, 5.74) is 2.37. The zero-order valence-electron chi connectivity index (χ0n) is 17.0. The minimum absolute atomic E-state index is 0.0630. The van der Waals surface area contributed by atoms with Gasteiger partial charge in [-0.1, -0.05) is 18.2 Å². The number of carbonyl (C=O) groups excluding carboxylic acids is 2. The first-order valence-corrected chi connectivity index (χ1v) is 11.0. The predicted molar refractivity (Wildman–Crippen MR) is 119 cm³/mol. The first-order chi connectivity index (χ1) is 14.6. The second-order valence-electron chi connectivity index (χ2n) is 7.43. The molecule has 0 bridgehead atoms. The van der Waals surface area contributed by atoms with Crippen LogP contribution in [0.3, 0.4) is 0 Å². The molecule has 0 atom stereocenters. The normalized spacial score (nSPS) is 13.8. The van der Waals surface area contributed by atoms with Gasteiger partial charge in [0.25, 0.3) is 11.8 Å². The number of rotatable bonds is 6. The molecule has 156 valence electrons. The lowest BCUT2D eigenvalue weighted by Crippen LogP contribution is -2.32. The van der Waals surface area contributed by atoms with E-state index >= 15 is 0 Å². The summed E-state index contributed by atoms with van der Waals surface area (Å²) in [5.74, 6) is -0.153. The summed E-state index contributed by atoms with van der Waals surface area (Å²) < 4.78 is 5.10. The van der Waals surface area contributed by atoms with E-state index in [0.717, 1.165) is 18.7 Å². The molecule has 0 radical (unpaired) electrons. The Kier molecular flexibility index (Phi) is 6.18. The monoisotopic (exact) mass is 423 g/mol. The van der Waals surface area contributed by atoms with Crippen LogP contribution in [-0.2, 0) is 6.54 Å². The molecule has 1 fully saturated rings. The number of piperidine rings is 1. The Hall–Kier alpha value is -3.06. The van der Waals surface area contributed by atoms with Crippen molar-refractivity contribution in [1.29, 1.82) is 0 Å². The standard InChI is InChI=1S/C23H25N3O3S/c1-25(16-17-8-3-4-9-18(17)26-13-5-2-6-14-26)23(28)20-11-12-21(30-20)24-22(27)19-10-7-15-29-19/h3-4,7-12,15H,2,5-6,13-14,16H2,1H3,(H,24,27). The fraction of sp³-hybridized carbons (Fsp3) is 0.304. The van der Waals surface area contributed by atoms with Crippen molar-refractivity contribution in [2.75, 3.05) is 30.4 Å². The second kappa shape index (κ2) is 9.17. The van der Waals surface area contributed by atoms with Gasteiger partial charge in [0.2, 0.25) is 0 Å². The van der Waals surface area contributed by atoms with Gasteiger partial charge in [-0.25, -0.2) is 0 Å². The van der Waals surface area contributed by atoms with Gasteiger partial charge < -0.3 is 19.5 Å². The molecule has 3 aromatic rings. The van der Waals surface area contributed by atoms with Gasteiger partial charge in [0.05, 0.1) is 16.1 Å². The molecular formula is C23H25N3O3S. The molecule has 1 aliphatic rings. The van der Waals surface area contributed by atoms with Crippen molar-refractivity contribution in [3.05, 3.63) is 71.0 Å². The molecule has 0 saturated carbocycles. The van der Waals surface area contributed by atoms with Crippen LogP contribution in [0.25, 0.3) is 0 Å². The van der Waals surface area contributed by atoms with Crippen molar-refractivity contribution in [3.63, 3.8) is 0 Å². The minimum Gasteiger partial charge on any atom is -0.459 e. The Morgan fingerprint density at radius 1 is 1.07 bits per heavy atom. The van der Waals surface area contributed by atoms with E-state index < -0.39 is 0 Å². The molecule has 3 heterocycles. The number of thiophene rings is 1. The number of furan rings is 1. The van der Waals surface area contributed by atoms with Gasteiger partial charge in [-0.3, -0.25) is 9.59 Å². The van der Waals surface area contributed by atoms with Gasteiger partial charge in [0.15, 0.2) is 5.76 Å². The molecule has 1 aliphatic heterocycles. The first-order valence-electron chi connectivity index (χ1n) is 10.1. The van der Waals surface area contributed by atoms with Crippen LogP contribution in [0.15, 0.2) is 59.2 Å². The summed E-state index contributed by atoms with van der Waals surface area (Å²) in [6.07, 6.45) is 5.17. The topological polar surface area (TPSA) is 65.8 Å². The van der Waals surface area contributed by atoms with Gasteiger partial charge in [0, 0.05) is 32.4 Å². The lowest BCUT2D eigenvalue weighted by Gasteiger charge is -2.31. The summed E-state index contributed by atoms with van der Waals surface area (Å²) in [7, 11) is 1.82. The van der Waals surface area contributed by atoms with E-state index in [1.165, 1.54) is 42.5 Å². The Labute approximate surface area is 180 Å². The number of anilines is 2. The summed E-state index contributed by atoms with van der Waals surface area (Å²) in [6.45, 7) is 2.67. The van der Waals surface area contributed by atoms with E-state index in [1.54, 1.807) is 29.2 Å². The average Bonchev–Trinajstić information content (AvgIpc) is 3.47. The quantitative estimate of drug-likeness (QED) is 0.615. The zero-order valence-corrected chi connectivity index (χ0v) is 17.8. The molecule has 1 aromatic carbocycles. The van der Waals surface area contributed by atoms with Crippen LogP contribution in [-0.4, -0.2) is 36.9 Å². The Bertz CT molecular complexity index is 1010. The van der Waals surface area contributed by atoms with E-state index in [2.05, 4.69) is 28.4 Å².